The third kappa shape index (κ3) is 20.5. The van der Waals surface area contributed by atoms with E-state index in [4.69, 9.17) is 9.31 Å². The van der Waals surface area contributed by atoms with E-state index in [-0.39, 0.29) is 71.4 Å². The van der Waals surface area contributed by atoms with Gasteiger partial charge in [0.1, 0.15) is 11.5 Å². The van der Waals surface area contributed by atoms with Gasteiger partial charge in [0.2, 0.25) is 35.6 Å². The number of hydrogen-bond donors (Lipinski definition) is 4. The number of halogens is 3. The lowest BCUT2D eigenvalue weighted by molar-refractivity contribution is -0.122. The Hall–Kier alpha value is -7.36. The van der Waals surface area contributed by atoms with Gasteiger partial charge in [-0.2, -0.15) is 36.5 Å². The number of hydrogen-bond acceptors (Lipinski definition) is 16. The first-order valence-corrected chi connectivity index (χ1v) is 49.1. The molecule has 123 heavy (non-hydrogen) atoms. The zero-order valence-corrected chi connectivity index (χ0v) is 74.3. The number of aromatic nitrogens is 9. The van der Waals surface area contributed by atoms with Crippen molar-refractivity contribution < 1.29 is 54.3 Å². The monoisotopic (exact) mass is 1710 g/mol. The summed E-state index contributed by atoms with van der Waals surface area (Å²) < 4.78 is 80.4. The number of rotatable bonds is 12. The predicted molar refractivity (Wildman–Crippen MR) is 471 cm³/mol. The van der Waals surface area contributed by atoms with Crippen LogP contribution in [0.25, 0.3) is 22.5 Å². The molecule has 8 heterocycles. The molecular formula is C96H133BF3N13O9S. The van der Waals surface area contributed by atoms with E-state index in [1.807, 2.05) is 37.8 Å². The number of alkyl halides is 3. The molecule has 6 aromatic heterocycles. The van der Waals surface area contributed by atoms with Crippen LogP contribution in [-0.2, 0) is 42.8 Å². The third-order valence-electron chi connectivity index (χ3n) is 32.6. The molecule has 11 saturated carbocycles. The minimum atomic E-state index is -5.50. The number of pyridine rings is 3. The van der Waals surface area contributed by atoms with E-state index in [0.717, 1.165) is 113 Å². The van der Waals surface area contributed by atoms with Crippen molar-refractivity contribution in [1.82, 2.24) is 49.1 Å². The lowest BCUT2D eigenvalue weighted by Crippen LogP contribution is -2.41. The van der Waals surface area contributed by atoms with Crippen molar-refractivity contribution in [3.05, 3.63) is 101 Å². The summed E-state index contributed by atoms with van der Waals surface area (Å²) in [5.41, 5.74) is 6.25. The van der Waals surface area contributed by atoms with E-state index >= 15 is 0 Å². The smallest absolute Gasteiger partial charge is 0.400 e. The van der Waals surface area contributed by atoms with E-state index in [2.05, 4.69) is 126 Å². The molecule has 0 aromatic carbocycles. The molecule has 6 aromatic rings. The van der Waals surface area contributed by atoms with Gasteiger partial charge in [0.25, 0.3) is 0 Å². The summed E-state index contributed by atoms with van der Waals surface area (Å²) in [6, 6.07) is 18.5. The van der Waals surface area contributed by atoms with Gasteiger partial charge in [0.15, 0.2) is 16.9 Å². The first-order valence-electron chi connectivity index (χ1n) is 47.7. The molecular weight excluding hydrogens is 1580 g/mol. The van der Waals surface area contributed by atoms with Gasteiger partial charge in [-0.05, 0) is 345 Å². The number of ketones is 1. The van der Waals surface area contributed by atoms with Crippen LogP contribution in [0.5, 0.6) is 0 Å². The van der Waals surface area contributed by atoms with Crippen molar-refractivity contribution >= 4 is 81.1 Å². The highest BCUT2D eigenvalue weighted by atomic mass is 32.2. The Bertz CT molecular complexity index is 4830. The van der Waals surface area contributed by atoms with Gasteiger partial charge in [-0.25, -0.2) is 13.5 Å². The molecule has 0 atom stereocenters. The van der Waals surface area contributed by atoms with E-state index < -0.39 is 15.6 Å². The largest absolute Gasteiger partial charge is 0.534 e. The minimum absolute atomic E-state index is 0.0533. The highest BCUT2D eigenvalue weighted by molar-refractivity contribution is 7.87. The number of anilines is 3. The van der Waals surface area contributed by atoms with Crippen molar-refractivity contribution in [3.8, 4) is 0 Å². The highest BCUT2D eigenvalue weighted by Gasteiger charge is 2.54. The lowest BCUT2D eigenvalue weighted by atomic mass is 9.65. The number of amides is 3. The highest BCUT2D eigenvalue weighted by Crippen LogP contribution is 2.56. The molecule has 22 nitrogen and oxygen atoms in total. The van der Waals surface area contributed by atoms with E-state index in [9.17, 15) is 40.8 Å². The summed E-state index contributed by atoms with van der Waals surface area (Å²) in [5, 5.41) is 25.9. The Kier molecular flexibility index (Phi) is 25.7. The second-order valence-electron chi connectivity index (χ2n) is 41.6. The fourth-order valence-electron chi connectivity index (χ4n) is 23.3. The number of fused-ring (bicyclic) bond motifs is 3. The molecule has 16 aliphatic rings. The van der Waals surface area contributed by atoms with Gasteiger partial charge in [-0.15, -0.1) is 15.3 Å². The van der Waals surface area contributed by atoms with Crippen LogP contribution in [0.4, 0.5) is 31.0 Å². The first-order chi connectivity index (χ1) is 59.1. The van der Waals surface area contributed by atoms with Crippen LogP contribution in [0.1, 0.15) is 365 Å². The van der Waals surface area contributed by atoms with Crippen molar-refractivity contribution in [2.45, 2.75) is 364 Å². The van der Waals surface area contributed by atoms with Crippen LogP contribution in [0.3, 0.4) is 0 Å². The Balaban J connectivity index is 0.000000106. The number of allylic oxidation sites excluding steroid dienone is 6. The van der Waals surface area contributed by atoms with Gasteiger partial charge in [-0.1, -0.05) is 94.6 Å². The van der Waals surface area contributed by atoms with Crippen LogP contribution in [0, 0.1) is 50.2 Å². The summed E-state index contributed by atoms with van der Waals surface area (Å²) in [5.74, 6) is 3.53. The molecule has 2 saturated heterocycles. The lowest BCUT2D eigenvalue weighted by Gasteiger charge is -2.37. The van der Waals surface area contributed by atoms with E-state index in [0.29, 0.717) is 75.4 Å². The minimum Gasteiger partial charge on any atom is -0.400 e. The van der Waals surface area contributed by atoms with Crippen LogP contribution in [0.15, 0.2) is 84.1 Å². The molecule has 666 valence electrons. The predicted octanol–water partition coefficient (Wildman–Crippen LogP) is 21.7. The number of Topliss-reactive ketones (excluding diaryl/α,β-unsaturated/α-hetero) is 1. The molecule has 4 N–H and O–H groups in total. The number of carbonyl (C=O) groups is 4. The molecule has 0 bridgehead atoms. The topological polar surface area (TPSA) is 269 Å². The number of nitrogens with one attached hydrogen (secondary N) is 4. The van der Waals surface area contributed by atoms with Crippen LogP contribution >= 0.6 is 0 Å². The fourth-order valence-corrected chi connectivity index (χ4v) is 23.8. The maximum absolute atomic E-state index is 12.1. The molecule has 3 amide bonds. The summed E-state index contributed by atoms with van der Waals surface area (Å²) in [4.78, 5) is 60.4. The molecule has 6 spiro atoms. The SMILES string of the molecule is CC1(C)OB(C2=CCC3(CCCC3)CC2)OC1(C)C.O=C(Nc1nc2cccc(C3=CCC4(CCCC4)CC3)n2n1)C1CC1.O=C(Nc1nc2cccc(C3CCC4(CCCC4)CC3)n2n1)C1CC1.O=C(Nc1nc2cccc(C3CCC4(CCNC4)CC3)n2n1)C1CC1.O=C1CCC2(CCCC2)CC1.O=S(=O)(OC1=CCC2(CCCC2)CC1)C(F)(F)F. The summed E-state index contributed by atoms with van der Waals surface area (Å²) in [6.07, 6.45) is 64.0. The van der Waals surface area contributed by atoms with Crippen molar-refractivity contribution in [2.24, 2.45) is 50.2 Å². The summed E-state index contributed by atoms with van der Waals surface area (Å²) >= 11 is 0. The molecule has 14 aliphatic carbocycles. The Morgan fingerprint density at radius 3 is 1.23 bits per heavy atom. The molecule has 13 fully saturated rings. The average Bonchev–Trinajstić information content (AvgIpc) is 1.64. The fraction of sp³-hybridized carbons (Fsp3) is 0.708. The number of nitrogens with zero attached hydrogens (tertiary/aromatic N) is 9. The second kappa shape index (κ2) is 36.1. The summed E-state index contributed by atoms with van der Waals surface area (Å²) in [6.45, 7) is 10.9. The maximum atomic E-state index is 12.1. The maximum Gasteiger partial charge on any atom is 0.534 e. The molecule has 2 aliphatic heterocycles. The van der Waals surface area contributed by atoms with Gasteiger partial charge in [0, 0.05) is 66.8 Å². The van der Waals surface area contributed by atoms with Gasteiger partial charge >= 0.3 is 22.7 Å². The molecule has 27 heteroatoms. The van der Waals surface area contributed by atoms with Gasteiger partial charge < -0.3 is 18.8 Å². The average molecular weight is 1710 g/mol. The van der Waals surface area contributed by atoms with E-state index in [1.54, 1.807) is 0 Å². The van der Waals surface area contributed by atoms with Crippen molar-refractivity contribution in [2.75, 3.05) is 29.0 Å². The van der Waals surface area contributed by atoms with Crippen molar-refractivity contribution in [3.63, 3.8) is 0 Å². The molecule has 0 unspecified atom stereocenters. The van der Waals surface area contributed by atoms with Crippen molar-refractivity contribution in [1.29, 1.82) is 0 Å². The third-order valence-corrected chi connectivity index (χ3v) is 33.6. The van der Waals surface area contributed by atoms with E-state index in [1.165, 1.54) is 241 Å². The van der Waals surface area contributed by atoms with Gasteiger partial charge in [0.05, 0.1) is 16.9 Å². The zero-order valence-electron chi connectivity index (χ0n) is 73.5. The Morgan fingerprint density at radius 2 is 0.837 bits per heavy atom. The van der Waals surface area contributed by atoms with Crippen LogP contribution < -0.4 is 21.3 Å². The zero-order chi connectivity index (χ0) is 85.5. The quantitative estimate of drug-likeness (QED) is 0.0504. The van der Waals surface area contributed by atoms with Crippen LogP contribution in [-0.4, -0.2) is 113 Å². The standard InChI is InChI=1S/C20H26N4O.C20H24N4O.C19H25N5O.C16H27BO2.C11H15F3O3S.C10H16O/c2*25-18(15-6-7-15)22-19-21-17-5-3-4-16(24(17)23-19)14-8-12-20(13-9-14)10-1-2-11-20;25-17(14-4-5-14)22-18-21-16-3-1-2-15(24(16)23-18)13-6-8-19(9-7-13)10-11-20-12-19;1-14(2)15(3,4)19-17(18-14)13-7-11-16(12-8-13)9-5-6-10-16;12-11(13,14)18(15,16)17-9-3-7-10(8-4-9)5-1-2-6-10;11-9-3-7-10(8-4-9)5-1-2-6-10/h3-5,14-15H,1-2,6-13H2,(H,22,23,25);3-5,8,15H,1-2,6-7,9-13H2,(H,22,23,25);1-3,13-14,20H,4-12H2,(H,22,23,25);7H,5-6,8-12H2,1-4H3;3H,1-2,4-8H2;1-8H2. The summed E-state index contributed by atoms with van der Waals surface area (Å²) in [7, 11) is -5.61. The van der Waals surface area contributed by atoms with Gasteiger partial charge in [-0.3, -0.25) is 35.1 Å². The first kappa shape index (κ1) is 87.7. The second-order valence-corrected chi connectivity index (χ2v) is 43.2. The number of carbonyl (C=O) groups excluding carboxylic acids is 4. The van der Waals surface area contributed by atoms with Crippen LogP contribution in [0.2, 0.25) is 0 Å². The Morgan fingerprint density at radius 1 is 0.455 bits per heavy atom. The normalized spacial score (nSPS) is 25.6. The Labute approximate surface area is 725 Å². The molecule has 0 radical (unpaired) electrons. The molecule has 22 rings (SSSR count).